The number of para-hydroxylation sites is 4. The van der Waals surface area contributed by atoms with Crippen LogP contribution < -0.4 is 19.6 Å². The lowest BCUT2D eigenvalue weighted by atomic mass is 9.87. The lowest BCUT2D eigenvalue weighted by Gasteiger charge is -2.37. The first-order valence-corrected chi connectivity index (χ1v) is 34.5. The summed E-state index contributed by atoms with van der Waals surface area (Å²) in [5, 5.41) is 5.66. The minimum atomic E-state index is -0.319. The Morgan fingerprint density at radius 2 is 0.365 bits per heavy atom. The summed E-state index contributed by atoms with van der Waals surface area (Å²) in [5.41, 5.74) is 18.3. The van der Waals surface area contributed by atoms with Crippen molar-refractivity contribution in [3.05, 3.63) is 274 Å². The van der Waals surface area contributed by atoms with Gasteiger partial charge in [-0.1, -0.05) is 208 Å². The van der Waals surface area contributed by atoms with E-state index in [1.807, 2.05) is 24.3 Å². The number of benzene rings is 12. The molecule has 0 spiro atoms. The first-order valence-electron chi connectivity index (χ1n) is 34.5. The maximum absolute atomic E-state index is 16.2. The average Bonchev–Trinajstić information content (AvgIpc) is 0.697. The first kappa shape index (κ1) is 66.6. The van der Waals surface area contributed by atoms with Crippen LogP contribution in [0.5, 0.6) is 0 Å². The van der Waals surface area contributed by atoms with Gasteiger partial charge < -0.3 is 19.6 Å². The number of hydrogen-bond acceptors (Lipinski definition) is 4. The van der Waals surface area contributed by atoms with Crippen LogP contribution in [0.4, 0.5) is 85.8 Å². The normalized spacial score (nSPS) is 12.1. The van der Waals surface area contributed by atoms with Gasteiger partial charge in [0.25, 0.3) is 0 Å². The highest BCUT2D eigenvalue weighted by Gasteiger charge is 2.34. The standard InChI is InChI=1S/C88H90F4N4/c1-51(2)63-25-17-21-29-75(63)93(79-41-33-59(89)45-71(79)55(9)10)83-49-84(94(76-30-22-18-26-64(76)52(3)4)80-42-34-60(90)46-72(80)56(11)12)68-39-40-70-86(96(78-32-24-20-28-66(78)54(7)8)82-44-36-62(92)48-74(82)58(15)16)50-85(69-38-37-67(83)87(68)88(69)70)95(77-31-23-19-27-65(77)53(5)6)81-43-35-61(91)47-73(81)57(13)14/h17-58H,1-16H3. The lowest BCUT2D eigenvalue weighted by Crippen LogP contribution is -2.20. The minimum Gasteiger partial charge on any atom is -0.309 e. The van der Waals surface area contributed by atoms with Gasteiger partial charge >= 0.3 is 0 Å². The largest absolute Gasteiger partial charge is 0.309 e. The molecule has 0 bridgehead atoms. The molecule has 0 saturated heterocycles. The highest BCUT2D eigenvalue weighted by atomic mass is 19.1. The molecule has 0 aliphatic heterocycles. The maximum atomic E-state index is 16.2. The van der Waals surface area contributed by atoms with Gasteiger partial charge in [-0.05, 0) is 201 Å². The molecule has 12 aromatic rings. The Morgan fingerprint density at radius 1 is 0.188 bits per heavy atom. The van der Waals surface area contributed by atoms with Crippen LogP contribution in [0.25, 0.3) is 32.3 Å². The van der Waals surface area contributed by atoms with Crippen molar-refractivity contribution in [1.82, 2.24) is 0 Å². The van der Waals surface area contributed by atoms with Crippen LogP contribution in [-0.2, 0) is 0 Å². The van der Waals surface area contributed by atoms with Gasteiger partial charge in [-0.3, -0.25) is 0 Å². The number of hydrogen-bond donors (Lipinski definition) is 0. The van der Waals surface area contributed by atoms with E-state index >= 15 is 17.6 Å². The molecule has 0 aliphatic carbocycles. The molecule has 0 saturated carbocycles. The smallest absolute Gasteiger partial charge is 0.123 e. The molecule has 8 heteroatoms. The average molecular weight is 1280 g/mol. The number of halogens is 4. The topological polar surface area (TPSA) is 13.0 Å². The zero-order valence-corrected chi connectivity index (χ0v) is 58.5. The van der Waals surface area contributed by atoms with E-state index in [-0.39, 0.29) is 70.6 Å². The van der Waals surface area contributed by atoms with Gasteiger partial charge in [0.2, 0.25) is 0 Å². The molecule has 96 heavy (non-hydrogen) atoms. The first-order chi connectivity index (χ1) is 45.9. The maximum Gasteiger partial charge on any atom is 0.123 e. The molecule has 4 nitrogen and oxygen atoms in total. The van der Waals surface area contributed by atoms with Crippen LogP contribution in [-0.4, -0.2) is 0 Å². The summed E-state index contributed by atoms with van der Waals surface area (Å²) < 4.78 is 64.8. The molecule has 0 unspecified atom stereocenters. The molecule has 0 aromatic heterocycles. The fourth-order valence-electron chi connectivity index (χ4n) is 14.7. The monoisotopic (exact) mass is 1280 g/mol. The van der Waals surface area contributed by atoms with Gasteiger partial charge in [-0.15, -0.1) is 0 Å². The molecule has 0 heterocycles. The van der Waals surface area contributed by atoms with Gasteiger partial charge in [0, 0.05) is 77.8 Å². The van der Waals surface area contributed by atoms with Crippen molar-refractivity contribution < 1.29 is 17.6 Å². The van der Waals surface area contributed by atoms with Crippen molar-refractivity contribution in [2.45, 2.75) is 158 Å². The second-order valence-corrected chi connectivity index (χ2v) is 28.5. The molecule has 0 amide bonds. The number of anilines is 12. The van der Waals surface area contributed by atoms with E-state index in [1.165, 1.54) is 0 Å². The molecular weight excluding hydrogens is 1190 g/mol. The van der Waals surface area contributed by atoms with Crippen molar-refractivity contribution in [3.8, 4) is 0 Å². The number of nitrogens with zero attached hydrogens (tertiary/aromatic N) is 4. The molecule has 0 atom stereocenters. The van der Waals surface area contributed by atoms with E-state index in [9.17, 15) is 0 Å². The van der Waals surface area contributed by atoms with E-state index in [0.717, 1.165) is 145 Å². The SMILES string of the molecule is CC(C)c1ccccc1N(c1ccc(F)cc1C(C)C)c1cc(N(c2ccccc2C(C)C)c2ccc(F)cc2C(C)C)c2ccc3c(N(c4ccccc4C(C)C)c4ccc(F)cc4C(C)C)cc(N(c4ccccc4C(C)C)c4ccc(F)cc4C(C)C)c4ccc1c2c43. The van der Waals surface area contributed by atoms with Crippen LogP contribution in [0.3, 0.4) is 0 Å². The molecule has 0 fully saturated rings. The summed E-state index contributed by atoms with van der Waals surface area (Å²) in [6.45, 7) is 34.8. The predicted octanol–water partition coefficient (Wildman–Crippen LogP) is 28.0. The Labute approximate surface area is 566 Å². The molecule has 0 radical (unpaired) electrons. The fraction of sp³-hybridized carbons (Fsp3) is 0.273. The van der Waals surface area contributed by atoms with Gasteiger partial charge in [0.15, 0.2) is 0 Å². The quantitative estimate of drug-likeness (QED) is 0.0557. The Hall–Kier alpha value is -9.40. The third-order valence-electron chi connectivity index (χ3n) is 19.4. The summed E-state index contributed by atoms with van der Waals surface area (Å²) in [6.07, 6.45) is 0. The van der Waals surface area contributed by atoms with Crippen LogP contribution in [0.2, 0.25) is 0 Å². The van der Waals surface area contributed by atoms with Crippen molar-refractivity contribution in [3.63, 3.8) is 0 Å². The van der Waals surface area contributed by atoms with Crippen LogP contribution in [0.15, 0.2) is 206 Å². The van der Waals surface area contributed by atoms with Crippen molar-refractivity contribution in [2.24, 2.45) is 0 Å². The van der Waals surface area contributed by atoms with Gasteiger partial charge in [0.05, 0.1) is 22.7 Å². The number of rotatable bonds is 20. The molecule has 0 aliphatic rings. The van der Waals surface area contributed by atoms with Crippen LogP contribution in [0, 0.1) is 23.3 Å². The Bertz CT molecular complexity index is 4240. The predicted molar refractivity (Wildman–Crippen MR) is 401 cm³/mol. The Kier molecular flexibility index (Phi) is 18.7. The second-order valence-electron chi connectivity index (χ2n) is 28.5. The molecular formula is C88H90F4N4. The zero-order valence-electron chi connectivity index (χ0n) is 58.5. The van der Waals surface area contributed by atoms with E-state index < -0.39 is 0 Å². The van der Waals surface area contributed by atoms with E-state index in [0.29, 0.717) is 0 Å². The van der Waals surface area contributed by atoms with E-state index in [2.05, 4.69) is 264 Å². The summed E-state index contributed by atoms with van der Waals surface area (Å²) >= 11 is 0. The third kappa shape index (κ3) is 12.1. The fourth-order valence-corrected chi connectivity index (χ4v) is 14.7. The van der Waals surface area contributed by atoms with Crippen molar-refractivity contribution in [1.29, 1.82) is 0 Å². The molecule has 490 valence electrons. The summed E-state index contributed by atoms with van der Waals surface area (Å²) in [5.74, 6) is -1.38. The molecule has 12 aromatic carbocycles. The van der Waals surface area contributed by atoms with Crippen molar-refractivity contribution in [2.75, 3.05) is 19.6 Å². The third-order valence-corrected chi connectivity index (χ3v) is 19.4. The lowest BCUT2D eigenvalue weighted by molar-refractivity contribution is 0.623. The zero-order chi connectivity index (χ0) is 68.3. The Balaban J connectivity index is 1.40. The van der Waals surface area contributed by atoms with Crippen molar-refractivity contribution >= 4 is 101 Å². The van der Waals surface area contributed by atoms with Gasteiger partial charge in [-0.2, -0.15) is 0 Å². The van der Waals surface area contributed by atoms with E-state index in [1.54, 1.807) is 48.5 Å². The second kappa shape index (κ2) is 27.0. The van der Waals surface area contributed by atoms with Crippen LogP contribution in [0.1, 0.15) is 203 Å². The summed E-state index contributed by atoms with van der Waals surface area (Å²) in [6, 6.07) is 69.0. The molecule has 0 N–H and O–H groups in total. The minimum absolute atomic E-state index is 0.0713. The van der Waals surface area contributed by atoms with E-state index in [4.69, 9.17) is 0 Å². The van der Waals surface area contributed by atoms with Crippen LogP contribution >= 0.6 is 0 Å². The summed E-state index contributed by atoms with van der Waals surface area (Å²) in [7, 11) is 0. The van der Waals surface area contributed by atoms with Gasteiger partial charge in [0.1, 0.15) is 23.3 Å². The Morgan fingerprint density at radius 3 is 0.552 bits per heavy atom. The molecule has 12 rings (SSSR count). The highest BCUT2D eigenvalue weighted by Crippen LogP contribution is 2.58. The highest BCUT2D eigenvalue weighted by molar-refractivity contribution is 6.33. The summed E-state index contributed by atoms with van der Waals surface area (Å²) in [4.78, 5) is 9.50. The van der Waals surface area contributed by atoms with Gasteiger partial charge in [-0.25, -0.2) is 17.6 Å².